The molecule has 8 nitrogen and oxygen atoms in total. The average molecular weight is 284 g/mol. The molecule has 0 aliphatic rings. The Morgan fingerprint density at radius 3 is 2.70 bits per heavy atom. The van der Waals surface area contributed by atoms with Crippen molar-refractivity contribution in [3.8, 4) is 0 Å². The van der Waals surface area contributed by atoms with Crippen molar-refractivity contribution in [1.29, 1.82) is 0 Å². The second kappa shape index (κ2) is 7.82. The number of carbonyl (C=O) groups is 3. The number of rotatable bonds is 7. The number of ether oxygens (including phenoxy) is 1. The van der Waals surface area contributed by atoms with Crippen molar-refractivity contribution >= 4 is 18.0 Å². The standard InChI is InChI=1S/C12H16N2O6/c1-19-11(17)9-5-4-8(20-9)7-14-12(18)13-6-2-3-10(15)16/h4-5H,2-3,6-7H2,1H3,(H,15,16)(H2,13,14,18). The average Bonchev–Trinajstić information content (AvgIpc) is 2.89. The molecule has 3 N–H and O–H groups in total. The Hall–Kier alpha value is -2.51. The van der Waals surface area contributed by atoms with Crippen LogP contribution in [0.5, 0.6) is 0 Å². The van der Waals surface area contributed by atoms with Crippen molar-refractivity contribution < 1.29 is 28.6 Å². The van der Waals surface area contributed by atoms with Gasteiger partial charge >= 0.3 is 18.0 Å². The van der Waals surface area contributed by atoms with Crippen LogP contribution < -0.4 is 10.6 Å². The van der Waals surface area contributed by atoms with E-state index < -0.39 is 18.0 Å². The Morgan fingerprint density at radius 1 is 1.30 bits per heavy atom. The Balaban J connectivity index is 2.25. The van der Waals surface area contributed by atoms with E-state index in [2.05, 4.69) is 15.4 Å². The van der Waals surface area contributed by atoms with E-state index in [0.29, 0.717) is 12.2 Å². The van der Waals surface area contributed by atoms with Gasteiger partial charge in [-0.05, 0) is 18.6 Å². The molecule has 0 saturated carbocycles. The summed E-state index contributed by atoms with van der Waals surface area (Å²) < 4.78 is 9.63. The van der Waals surface area contributed by atoms with Gasteiger partial charge in [0.25, 0.3) is 0 Å². The molecule has 0 bridgehead atoms. The number of carboxylic acids is 1. The third kappa shape index (κ3) is 5.42. The number of carbonyl (C=O) groups excluding carboxylic acids is 2. The summed E-state index contributed by atoms with van der Waals surface area (Å²) in [7, 11) is 1.24. The first-order valence-corrected chi connectivity index (χ1v) is 5.93. The van der Waals surface area contributed by atoms with Gasteiger partial charge in [-0.15, -0.1) is 0 Å². The monoisotopic (exact) mass is 284 g/mol. The van der Waals surface area contributed by atoms with Gasteiger partial charge in [-0.2, -0.15) is 0 Å². The molecule has 0 radical (unpaired) electrons. The molecule has 8 heteroatoms. The summed E-state index contributed by atoms with van der Waals surface area (Å²) in [6, 6.07) is 2.57. The normalized spacial score (nSPS) is 9.85. The van der Waals surface area contributed by atoms with Crippen LogP contribution in [0.15, 0.2) is 16.5 Å². The first-order valence-electron chi connectivity index (χ1n) is 5.93. The largest absolute Gasteiger partial charge is 0.481 e. The number of hydrogen-bond donors (Lipinski definition) is 3. The highest BCUT2D eigenvalue weighted by Crippen LogP contribution is 2.08. The van der Waals surface area contributed by atoms with Crippen LogP contribution in [-0.2, 0) is 16.1 Å². The zero-order valence-electron chi connectivity index (χ0n) is 11.0. The third-order valence-corrected chi connectivity index (χ3v) is 2.32. The van der Waals surface area contributed by atoms with Gasteiger partial charge in [0, 0.05) is 13.0 Å². The molecule has 2 amide bonds. The molecule has 0 atom stereocenters. The molecule has 0 aromatic carbocycles. The van der Waals surface area contributed by atoms with Crippen LogP contribution in [-0.4, -0.2) is 36.7 Å². The van der Waals surface area contributed by atoms with Crippen LogP contribution >= 0.6 is 0 Å². The lowest BCUT2D eigenvalue weighted by molar-refractivity contribution is -0.137. The molecule has 0 saturated heterocycles. The van der Waals surface area contributed by atoms with E-state index in [1.807, 2.05) is 0 Å². The van der Waals surface area contributed by atoms with Crippen molar-refractivity contribution in [3.63, 3.8) is 0 Å². The van der Waals surface area contributed by atoms with Crippen molar-refractivity contribution in [3.05, 3.63) is 23.7 Å². The lowest BCUT2D eigenvalue weighted by Crippen LogP contribution is -2.35. The second-order valence-electron chi connectivity index (χ2n) is 3.86. The molecule has 1 aromatic rings. The summed E-state index contributed by atoms with van der Waals surface area (Å²) in [6.07, 6.45) is 0.358. The number of methoxy groups -OCH3 is 1. The van der Waals surface area contributed by atoms with Gasteiger partial charge in [-0.3, -0.25) is 4.79 Å². The highest BCUT2D eigenvalue weighted by Gasteiger charge is 2.11. The maximum atomic E-state index is 11.4. The fourth-order valence-corrected chi connectivity index (χ4v) is 1.35. The molecule has 1 rings (SSSR count). The zero-order valence-corrected chi connectivity index (χ0v) is 11.0. The minimum atomic E-state index is -0.905. The summed E-state index contributed by atoms with van der Waals surface area (Å²) in [5.74, 6) is -1.02. The van der Waals surface area contributed by atoms with E-state index in [1.54, 1.807) is 6.07 Å². The number of carboxylic acid groups (broad SMARTS) is 1. The van der Waals surface area contributed by atoms with E-state index in [1.165, 1.54) is 13.2 Å². The lowest BCUT2D eigenvalue weighted by atomic mass is 10.3. The molecule has 1 heterocycles. The molecule has 0 aliphatic carbocycles. The molecule has 110 valence electrons. The van der Waals surface area contributed by atoms with E-state index in [4.69, 9.17) is 9.52 Å². The predicted octanol–water partition coefficient (Wildman–Crippen LogP) is 0.730. The number of nitrogens with one attached hydrogen (secondary N) is 2. The first-order chi connectivity index (χ1) is 9.52. The summed E-state index contributed by atoms with van der Waals surface area (Å²) in [5, 5.41) is 13.4. The SMILES string of the molecule is COC(=O)c1ccc(CNC(=O)NCCCC(=O)O)o1. The van der Waals surface area contributed by atoms with Gasteiger partial charge in [-0.1, -0.05) is 0 Å². The number of urea groups is 1. The van der Waals surface area contributed by atoms with Crippen molar-refractivity contribution in [2.75, 3.05) is 13.7 Å². The summed E-state index contributed by atoms with van der Waals surface area (Å²) in [6.45, 7) is 0.380. The van der Waals surface area contributed by atoms with Gasteiger partial charge in [0.15, 0.2) is 0 Å². The van der Waals surface area contributed by atoms with Crippen LogP contribution in [0.1, 0.15) is 29.2 Å². The molecule has 0 fully saturated rings. The molecule has 0 spiro atoms. The zero-order chi connectivity index (χ0) is 15.0. The smallest absolute Gasteiger partial charge is 0.373 e. The van der Waals surface area contributed by atoms with Gasteiger partial charge in [0.2, 0.25) is 5.76 Å². The Labute approximate surface area is 115 Å². The summed E-state index contributed by atoms with van der Waals surface area (Å²) in [5.41, 5.74) is 0. The number of furan rings is 1. The Morgan fingerprint density at radius 2 is 2.05 bits per heavy atom. The summed E-state index contributed by atoms with van der Waals surface area (Å²) in [4.78, 5) is 32.7. The molecule has 1 aromatic heterocycles. The lowest BCUT2D eigenvalue weighted by Gasteiger charge is -2.05. The summed E-state index contributed by atoms with van der Waals surface area (Å²) >= 11 is 0. The van der Waals surface area contributed by atoms with E-state index in [0.717, 1.165) is 0 Å². The van der Waals surface area contributed by atoms with Crippen LogP contribution in [0.4, 0.5) is 4.79 Å². The number of hydrogen-bond acceptors (Lipinski definition) is 5. The predicted molar refractivity (Wildman–Crippen MR) is 67.2 cm³/mol. The maximum absolute atomic E-state index is 11.4. The highest BCUT2D eigenvalue weighted by atomic mass is 16.5. The van der Waals surface area contributed by atoms with Gasteiger partial charge < -0.3 is 24.9 Å². The van der Waals surface area contributed by atoms with Crippen molar-refractivity contribution in [2.24, 2.45) is 0 Å². The van der Waals surface area contributed by atoms with Gasteiger partial charge in [0.1, 0.15) is 5.76 Å². The van der Waals surface area contributed by atoms with Gasteiger partial charge in [-0.25, -0.2) is 9.59 Å². The van der Waals surface area contributed by atoms with Crippen LogP contribution in [0.25, 0.3) is 0 Å². The van der Waals surface area contributed by atoms with Crippen molar-refractivity contribution in [2.45, 2.75) is 19.4 Å². The minimum Gasteiger partial charge on any atom is -0.481 e. The fourth-order valence-electron chi connectivity index (χ4n) is 1.35. The molecule has 0 unspecified atom stereocenters. The van der Waals surface area contributed by atoms with Crippen molar-refractivity contribution in [1.82, 2.24) is 10.6 Å². The minimum absolute atomic E-state index is 0.000946. The third-order valence-electron chi connectivity index (χ3n) is 2.32. The molecular weight excluding hydrogens is 268 g/mol. The Kier molecular flexibility index (Phi) is 6.08. The number of esters is 1. The molecule has 20 heavy (non-hydrogen) atoms. The topological polar surface area (TPSA) is 118 Å². The molecular formula is C12H16N2O6. The quantitative estimate of drug-likeness (QED) is 0.502. The second-order valence-corrected chi connectivity index (χ2v) is 3.86. The molecule has 0 aliphatic heterocycles. The number of aliphatic carboxylic acids is 1. The number of amides is 2. The highest BCUT2D eigenvalue weighted by molar-refractivity contribution is 5.86. The van der Waals surface area contributed by atoms with Crippen LogP contribution in [0, 0.1) is 0 Å². The van der Waals surface area contributed by atoms with Crippen LogP contribution in [0.3, 0.4) is 0 Å². The Bertz CT molecular complexity index is 482. The van der Waals surface area contributed by atoms with E-state index in [-0.39, 0.29) is 25.3 Å². The van der Waals surface area contributed by atoms with E-state index in [9.17, 15) is 14.4 Å². The van der Waals surface area contributed by atoms with E-state index >= 15 is 0 Å². The van der Waals surface area contributed by atoms with Crippen LogP contribution in [0.2, 0.25) is 0 Å². The first kappa shape index (κ1) is 15.5. The fraction of sp³-hybridized carbons (Fsp3) is 0.417. The van der Waals surface area contributed by atoms with Gasteiger partial charge in [0.05, 0.1) is 13.7 Å². The maximum Gasteiger partial charge on any atom is 0.373 e.